The molecular formula is C28H32F5N9O3. The first-order valence-electron chi connectivity index (χ1n) is 14.6. The number of fused-ring (bicyclic) bond motifs is 1. The molecule has 0 radical (unpaired) electrons. The number of nitrogens with one attached hydrogen (secondary N) is 3. The van der Waals surface area contributed by atoms with Crippen molar-refractivity contribution in [1.29, 1.82) is 0 Å². The van der Waals surface area contributed by atoms with Gasteiger partial charge in [0.05, 0.1) is 24.6 Å². The van der Waals surface area contributed by atoms with Gasteiger partial charge in [-0.3, -0.25) is 14.7 Å². The van der Waals surface area contributed by atoms with Crippen molar-refractivity contribution >= 4 is 17.5 Å². The van der Waals surface area contributed by atoms with Gasteiger partial charge >= 0.3 is 6.18 Å². The van der Waals surface area contributed by atoms with E-state index in [0.29, 0.717) is 35.4 Å². The lowest BCUT2D eigenvalue weighted by Crippen LogP contribution is -2.38. The van der Waals surface area contributed by atoms with Gasteiger partial charge in [0.25, 0.3) is 5.91 Å². The highest BCUT2D eigenvalue weighted by atomic mass is 19.4. The highest BCUT2D eigenvalue weighted by Crippen LogP contribution is 2.40. The summed E-state index contributed by atoms with van der Waals surface area (Å²) in [5.41, 5.74) is 2.32. The van der Waals surface area contributed by atoms with Crippen LogP contribution in [0, 0.1) is 5.92 Å². The number of amides is 2. The fraction of sp³-hybridized carbons (Fsp3) is 0.536. The van der Waals surface area contributed by atoms with E-state index in [1.165, 1.54) is 10.7 Å². The highest BCUT2D eigenvalue weighted by molar-refractivity contribution is 5.93. The number of hydrogen-bond donors (Lipinski definition) is 3. The maximum Gasteiger partial charge on any atom is 0.408 e. The monoisotopic (exact) mass is 637 g/mol. The zero-order chi connectivity index (χ0) is 32.0. The molecule has 3 N–H and O–H groups in total. The van der Waals surface area contributed by atoms with Crippen molar-refractivity contribution in [2.45, 2.75) is 88.4 Å². The Bertz CT molecular complexity index is 1540. The average Bonchev–Trinajstić information content (AvgIpc) is 3.46. The van der Waals surface area contributed by atoms with Crippen LogP contribution in [0.15, 0.2) is 41.5 Å². The number of imidazole rings is 1. The molecule has 7 rings (SSSR count). The molecule has 12 nitrogen and oxygen atoms in total. The lowest BCUT2D eigenvalue weighted by Gasteiger charge is -2.20. The van der Waals surface area contributed by atoms with Crippen LogP contribution in [0.4, 0.5) is 22.0 Å². The number of halogens is 5. The summed E-state index contributed by atoms with van der Waals surface area (Å²) in [6, 6.07) is 1.68. The van der Waals surface area contributed by atoms with Gasteiger partial charge in [0.1, 0.15) is 11.7 Å². The molecular weight excluding hydrogens is 605 g/mol. The molecule has 5 heterocycles. The summed E-state index contributed by atoms with van der Waals surface area (Å²) in [5, 5.41) is 22.6. The lowest BCUT2D eigenvalue weighted by atomic mass is 9.97. The van der Waals surface area contributed by atoms with E-state index in [0.717, 1.165) is 19.3 Å². The number of alkyl halides is 5. The van der Waals surface area contributed by atoms with Crippen molar-refractivity contribution < 1.29 is 36.2 Å². The van der Waals surface area contributed by atoms with Gasteiger partial charge in [0.2, 0.25) is 11.8 Å². The number of hydrogen-bond acceptors (Lipinski definition) is 8. The minimum Gasteiger partial charge on any atom is -0.345 e. The normalized spacial score (nSPS) is 20.9. The molecule has 3 aliphatic rings. The van der Waals surface area contributed by atoms with E-state index in [9.17, 15) is 31.5 Å². The second kappa shape index (κ2) is 13.7. The molecule has 1 saturated heterocycles. The zero-order valence-electron chi connectivity index (χ0n) is 24.1. The second-order valence-electron chi connectivity index (χ2n) is 11.3. The molecule has 2 aliphatic carbocycles. The van der Waals surface area contributed by atoms with E-state index < -0.39 is 35.9 Å². The molecule has 2 saturated carbocycles. The highest BCUT2D eigenvalue weighted by Gasteiger charge is 2.47. The van der Waals surface area contributed by atoms with Crippen molar-refractivity contribution in [3.05, 3.63) is 59.6 Å². The largest absolute Gasteiger partial charge is 0.408 e. The summed E-state index contributed by atoms with van der Waals surface area (Å²) in [7, 11) is 0. The van der Waals surface area contributed by atoms with Crippen molar-refractivity contribution in [2.24, 2.45) is 5.92 Å². The first-order chi connectivity index (χ1) is 21.5. The van der Waals surface area contributed by atoms with Gasteiger partial charge in [0, 0.05) is 37.1 Å². The molecule has 1 aliphatic heterocycles. The minimum atomic E-state index is -4.46. The van der Waals surface area contributed by atoms with Gasteiger partial charge in [-0.25, -0.2) is 22.9 Å². The Morgan fingerprint density at radius 3 is 2.51 bits per heavy atom. The van der Waals surface area contributed by atoms with Crippen LogP contribution in [0.5, 0.6) is 0 Å². The third kappa shape index (κ3) is 8.82. The summed E-state index contributed by atoms with van der Waals surface area (Å²) in [6.45, 7) is 0.118. The third-order valence-electron chi connectivity index (χ3n) is 7.63. The summed E-state index contributed by atoms with van der Waals surface area (Å²) in [4.78, 5) is 28.7. The molecule has 4 aromatic heterocycles. The summed E-state index contributed by atoms with van der Waals surface area (Å²) >= 11 is 0. The van der Waals surface area contributed by atoms with Crippen LogP contribution in [0.1, 0.15) is 84.7 Å². The van der Waals surface area contributed by atoms with Crippen molar-refractivity contribution in [2.75, 3.05) is 0 Å². The second-order valence-corrected chi connectivity index (χ2v) is 11.3. The molecule has 3 fully saturated rings. The van der Waals surface area contributed by atoms with Gasteiger partial charge in [-0.2, -0.15) is 23.4 Å². The van der Waals surface area contributed by atoms with E-state index in [4.69, 9.17) is 0 Å². The fourth-order valence-corrected chi connectivity index (χ4v) is 5.09. The molecule has 45 heavy (non-hydrogen) atoms. The molecule has 0 bridgehead atoms. The van der Waals surface area contributed by atoms with Gasteiger partial charge in [-0.15, -0.1) is 0 Å². The summed E-state index contributed by atoms with van der Waals surface area (Å²) in [6.07, 6.45) is 6.51. The summed E-state index contributed by atoms with van der Waals surface area (Å²) < 4.78 is 69.2. The van der Waals surface area contributed by atoms with Gasteiger partial charge in [-0.05, 0) is 61.4 Å². The van der Waals surface area contributed by atoms with Crippen LogP contribution < -0.4 is 10.6 Å². The van der Waals surface area contributed by atoms with Crippen LogP contribution in [0.2, 0.25) is 0 Å². The van der Waals surface area contributed by atoms with Crippen LogP contribution in [0.3, 0.4) is 0 Å². The Kier molecular flexibility index (Phi) is 9.72. The van der Waals surface area contributed by atoms with Crippen molar-refractivity contribution in [1.82, 2.24) is 45.7 Å². The third-order valence-corrected chi connectivity index (χ3v) is 7.63. The molecule has 17 heteroatoms. The molecule has 2 unspecified atom stereocenters. The predicted octanol–water partition coefficient (Wildman–Crippen LogP) is 4.52. The Hall–Kier alpha value is -4.44. The number of rotatable bonds is 6. The number of aromatic nitrogens is 7. The predicted molar refractivity (Wildman–Crippen MR) is 147 cm³/mol. The SMILES string of the molecule is FC1(F)CCCCC1.O=C(NCc1cn2ncc(CC3CC(C(F)(F)F)NC3=O)cc2n1)c1nonc1C1CC1.c1cn[nH]c1. The minimum absolute atomic E-state index is 0.118. The van der Waals surface area contributed by atoms with Crippen LogP contribution in [-0.2, 0) is 17.8 Å². The standard InChI is InChI=1S/C19H18F3N7O3.C6H10F2.C3H4N2/c20-19(21,22)13-5-11(17(30)26-13)3-9-4-14-25-12(8-29(14)24-6-9)7-23-18(31)16-15(10-1-2-10)27-32-28-16;7-6(8)4-2-1-3-5-6;1-2-4-5-3-1/h4,6,8,10-11,13H,1-3,5,7H2,(H,23,31)(H,26,30);1-5H2;1-3H,(H,4,5). The maximum absolute atomic E-state index is 12.9. The van der Waals surface area contributed by atoms with E-state index in [1.807, 2.05) is 11.4 Å². The Morgan fingerprint density at radius 2 is 1.93 bits per heavy atom. The number of aromatic amines is 1. The molecule has 2 amide bonds. The number of carbonyl (C=O) groups excluding carboxylic acids is 2. The van der Waals surface area contributed by atoms with Gasteiger partial charge in [-0.1, -0.05) is 11.6 Å². The number of carbonyl (C=O) groups is 2. The van der Waals surface area contributed by atoms with Crippen LogP contribution in [-0.4, -0.2) is 65.1 Å². The first kappa shape index (κ1) is 32.0. The maximum atomic E-state index is 12.9. The molecule has 0 aromatic carbocycles. The Morgan fingerprint density at radius 1 is 1.16 bits per heavy atom. The fourth-order valence-electron chi connectivity index (χ4n) is 5.09. The van der Waals surface area contributed by atoms with E-state index in [-0.39, 0.29) is 43.8 Å². The van der Waals surface area contributed by atoms with E-state index in [2.05, 4.69) is 40.5 Å². The first-order valence-corrected chi connectivity index (χ1v) is 14.6. The topological polar surface area (TPSA) is 156 Å². The smallest absolute Gasteiger partial charge is 0.345 e. The lowest BCUT2D eigenvalue weighted by molar-refractivity contribution is -0.154. The molecule has 2 atom stereocenters. The quantitative estimate of drug-likeness (QED) is 0.261. The average molecular weight is 638 g/mol. The van der Waals surface area contributed by atoms with Crippen molar-refractivity contribution in [3.63, 3.8) is 0 Å². The van der Waals surface area contributed by atoms with E-state index >= 15 is 0 Å². The molecule has 242 valence electrons. The Balaban J connectivity index is 0.000000254. The van der Waals surface area contributed by atoms with Crippen molar-refractivity contribution in [3.8, 4) is 0 Å². The Labute approximate surface area is 253 Å². The van der Waals surface area contributed by atoms with E-state index in [1.54, 1.807) is 24.7 Å². The van der Waals surface area contributed by atoms with Crippen LogP contribution >= 0.6 is 0 Å². The number of H-pyrrole nitrogens is 1. The van der Waals surface area contributed by atoms with Crippen LogP contribution in [0.25, 0.3) is 5.65 Å². The summed E-state index contributed by atoms with van der Waals surface area (Å²) in [5.74, 6) is -3.92. The van der Waals surface area contributed by atoms with Gasteiger partial charge < -0.3 is 10.6 Å². The molecule has 0 spiro atoms. The van der Waals surface area contributed by atoms with Gasteiger partial charge in [0.15, 0.2) is 11.3 Å². The zero-order valence-corrected chi connectivity index (χ0v) is 24.1. The number of nitrogens with zero attached hydrogens (tertiary/aromatic N) is 6. The molecule has 4 aromatic rings.